The molecule has 0 saturated carbocycles. The molecular weight excluding hydrogens is 394 g/mol. The van der Waals surface area contributed by atoms with Crippen molar-refractivity contribution in [2.45, 2.75) is 6.04 Å². The Bertz CT molecular complexity index is 552. The second-order valence-corrected chi connectivity index (χ2v) is 6.99. The quantitative estimate of drug-likeness (QED) is 0.756. The second-order valence-electron chi connectivity index (χ2n) is 3.74. The number of carbonyl (C=O) groups is 1. The molecule has 0 saturated heterocycles. The largest absolute Gasteiger partial charge is 0.467 e. The minimum absolute atomic E-state index is 0.315. The number of hydrogen-bond donors (Lipinski definition) is 1. The van der Waals surface area contributed by atoms with E-state index in [1.807, 2.05) is 36.4 Å². The summed E-state index contributed by atoms with van der Waals surface area (Å²) in [6.07, 6.45) is 0. The van der Waals surface area contributed by atoms with E-state index in [0.717, 1.165) is 18.8 Å². The maximum Gasteiger partial charge on any atom is 0.333 e. The fourth-order valence-electron chi connectivity index (χ4n) is 1.57. The van der Waals surface area contributed by atoms with Crippen LogP contribution >= 0.6 is 43.2 Å². The van der Waals surface area contributed by atoms with E-state index in [1.54, 1.807) is 0 Å². The highest BCUT2D eigenvalue weighted by atomic mass is 79.9. The molecule has 1 atom stereocenters. The summed E-state index contributed by atoms with van der Waals surface area (Å²) in [7, 11) is 1.39. The molecule has 19 heavy (non-hydrogen) atoms. The summed E-state index contributed by atoms with van der Waals surface area (Å²) >= 11 is 8.35. The van der Waals surface area contributed by atoms with Gasteiger partial charge in [0.25, 0.3) is 0 Å². The molecule has 0 aliphatic carbocycles. The van der Waals surface area contributed by atoms with Crippen LogP contribution in [0.15, 0.2) is 44.7 Å². The van der Waals surface area contributed by atoms with Crippen LogP contribution in [-0.2, 0) is 9.53 Å². The van der Waals surface area contributed by atoms with Crippen LogP contribution in [0, 0.1) is 0 Å². The van der Waals surface area contributed by atoms with Crippen molar-refractivity contribution in [3.05, 3.63) is 49.5 Å². The summed E-state index contributed by atoms with van der Waals surface area (Å²) in [6, 6.07) is 11.0. The van der Waals surface area contributed by atoms with Crippen LogP contribution in [0.2, 0.25) is 0 Å². The zero-order chi connectivity index (χ0) is 13.8. The fraction of sp³-hybridized carbons (Fsp3) is 0.154. The number of rotatable bonds is 4. The van der Waals surface area contributed by atoms with Gasteiger partial charge in [0.1, 0.15) is 0 Å². The van der Waals surface area contributed by atoms with Gasteiger partial charge in [0.2, 0.25) is 0 Å². The zero-order valence-corrected chi connectivity index (χ0v) is 14.0. The number of anilines is 1. The van der Waals surface area contributed by atoms with Gasteiger partial charge in [-0.2, -0.15) is 0 Å². The maximum atomic E-state index is 11.9. The highest BCUT2D eigenvalue weighted by Crippen LogP contribution is 2.36. The Morgan fingerprint density at radius 2 is 2.00 bits per heavy atom. The number of benzene rings is 1. The summed E-state index contributed by atoms with van der Waals surface area (Å²) in [5.41, 5.74) is 0.874. The molecule has 0 aliphatic heterocycles. The molecule has 6 heteroatoms. The number of ether oxygens (including phenoxy) is 1. The topological polar surface area (TPSA) is 38.3 Å². The van der Waals surface area contributed by atoms with Crippen molar-refractivity contribution in [3.8, 4) is 0 Å². The first-order chi connectivity index (χ1) is 9.11. The van der Waals surface area contributed by atoms with Crippen LogP contribution in [0.3, 0.4) is 0 Å². The van der Waals surface area contributed by atoms with E-state index in [2.05, 4.69) is 37.2 Å². The average Bonchev–Trinajstić information content (AvgIpc) is 2.76. The predicted octanol–water partition coefficient (Wildman–Crippen LogP) is 4.60. The summed E-state index contributed by atoms with van der Waals surface area (Å²) in [5.74, 6) is -0.315. The third-order valence-electron chi connectivity index (χ3n) is 2.47. The molecule has 0 spiro atoms. The van der Waals surface area contributed by atoms with Crippen molar-refractivity contribution >= 4 is 54.9 Å². The van der Waals surface area contributed by atoms with Gasteiger partial charge in [-0.3, -0.25) is 0 Å². The standard InChI is InChI=1S/C13H11Br2NO2S/c1-18-13(17)11(10-7-9(14)12(15)19-10)16-8-5-3-2-4-6-8/h2-7,11,16H,1H3. The van der Waals surface area contributed by atoms with Crippen LogP contribution < -0.4 is 5.32 Å². The Hall–Kier alpha value is -0.850. The van der Waals surface area contributed by atoms with Gasteiger partial charge in [0.05, 0.1) is 10.9 Å². The number of hydrogen-bond acceptors (Lipinski definition) is 4. The molecule has 2 rings (SSSR count). The molecule has 0 aliphatic rings. The van der Waals surface area contributed by atoms with Gasteiger partial charge < -0.3 is 10.1 Å². The van der Waals surface area contributed by atoms with Crippen molar-refractivity contribution in [2.75, 3.05) is 12.4 Å². The first-order valence-electron chi connectivity index (χ1n) is 5.46. The van der Waals surface area contributed by atoms with E-state index >= 15 is 0 Å². The number of thiophene rings is 1. The molecule has 0 amide bonds. The van der Waals surface area contributed by atoms with Crippen LogP contribution in [0.25, 0.3) is 0 Å². The summed E-state index contributed by atoms with van der Waals surface area (Å²) < 4.78 is 6.74. The Balaban J connectivity index is 2.29. The lowest BCUT2D eigenvalue weighted by molar-refractivity contribution is -0.141. The molecule has 100 valence electrons. The van der Waals surface area contributed by atoms with Crippen molar-refractivity contribution in [1.82, 2.24) is 0 Å². The molecule has 3 nitrogen and oxygen atoms in total. The lowest BCUT2D eigenvalue weighted by atomic mass is 10.2. The third-order valence-corrected chi connectivity index (χ3v) is 5.79. The predicted molar refractivity (Wildman–Crippen MR) is 84.5 cm³/mol. The fourth-order valence-corrected chi connectivity index (χ4v) is 3.70. The van der Waals surface area contributed by atoms with Gasteiger partial charge >= 0.3 is 5.97 Å². The monoisotopic (exact) mass is 403 g/mol. The second kappa shape index (κ2) is 6.54. The Kier molecular flexibility index (Phi) is 5.01. The van der Waals surface area contributed by atoms with Crippen LogP contribution in [-0.4, -0.2) is 13.1 Å². The molecule has 0 fully saturated rings. The van der Waals surface area contributed by atoms with E-state index in [4.69, 9.17) is 4.74 Å². The smallest absolute Gasteiger partial charge is 0.333 e. The summed E-state index contributed by atoms with van der Waals surface area (Å²) in [5, 5.41) is 3.18. The molecule has 1 aromatic heterocycles. The summed E-state index contributed by atoms with van der Waals surface area (Å²) in [4.78, 5) is 12.8. The Morgan fingerprint density at radius 1 is 1.32 bits per heavy atom. The maximum absolute atomic E-state index is 11.9. The van der Waals surface area contributed by atoms with E-state index in [0.29, 0.717) is 0 Å². The van der Waals surface area contributed by atoms with Gasteiger partial charge in [0, 0.05) is 15.0 Å². The lowest BCUT2D eigenvalue weighted by Gasteiger charge is -2.16. The molecule has 0 bridgehead atoms. The highest BCUT2D eigenvalue weighted by Gasteiger charge is 2.24. The number of carbonyl (C=O) groups excluding carboxylic acids is 1. The first-order valence-corrected chi connectivity index (χ1v) is 7.86. The number of para-hydroxylation sites is 1. The number of esters is 1. The molecular formula is C13H11Br2NO2S. The normalized spacial score (nSPS) is 11.9. The lowest BCUT2D eigenvalue weighted by Crippen LogP contribution is -2.21. The zero-order valence-electron chi connectivity index (χ0n) is 10.0. The summed E-state index contributed by atoms with van der Waals surface area (Å²) in [6.45, 7) is 0. The first kappa shape index (κ1) is 14.6. The van der Waals surface area contributed by atoms with Crippen LogP contribution in [0.1, 0.15) is 10.9 Å². The van der Waals surface area contributed by atoms with E-state index in [9.17, 15) is 4.79 Å². The van der Waals surface area contributed by atoms with Crippen LogP contribution in [0.5, 0.6) is 0 Å². The number of methoxy groups -OCH3 is 1. The van der Waals surface area contributed by atoms with E-state index < -0.39 is 6.04 Å². The average molecular weight is 405 g/mol. The molecule has 1 heterocycles. The van der Waals surface area contributed by atoms with Gasteiger partial charge in [-0.15, -0.1) is 11.3 Å². The van der Waals surface area contributed by atoms with Crippen molar-refractivity contribution in [3.63, 3.8) is 0 Å². The minimum Gasteiger partial charge on any atom is -0.467 e. The highest BCUT2D eigenvalue weighted by molar-refractivity contribution is 9.13. The minimum atomic E-state index is -0.514. The molecule has 1 unspecified atom stereocenters. The third kappa shape index (κ3) is 3.58. The number of halogens is 2. The van der Waals surface area contributed by atoms with Crippen molar-refractivity contribution in [1.29, 1.82) is 0 Å². The molecule has 2 aromatic rings. The van der Waals surface area contributed by atoms with Crippen molar-refractivity contribution < 1.29 is 9.53 Å². The Morgan fingerprint density at radius 3 is 2.53 bits per heavy atom. The van der Waals surface area contributed by atoms with Crippen LogP contribution in [0.4, 0.5) is 5.69 Å². The SMILES string of the molecule is COC(=O)C(Nc1ccccc1)c1cc(Br)c(Br)s1. The van der Waals surface area contributed by atoms with E-state index in [-0.39, 0.29) is 5.97 Å². The molecule has 0 radical (unpaired) electrons. The molecule has 1 aromatic carbocycles. The van der Waals surface area contributed by atoms with Gasteiger partial charge in [-0.25, -0.2) is 4.79 Å². The molecule has 1 N–H and O–H groups in total. The Labute approximate surface area is 132 Å². The van der Waals surface area contributed by atoms with E-state index in [1.165, 1.54) is 18.4 Å². The number of nitrogens with one attached hydrogen (secondary N) is 1. The van der Waals surface area contributed by atoms with Gasteiger partial charge in [0.15, 0.2) is 6.04 Å². The van der Waals surface area contributed by atoms with Gasteiger partial charge in [-0.1, -0.05) is 18.2 Å². The van der Waals surface area contributed by atoms with Gasteiger partial charge in [-0.05, 0) is 50.1 Å². The van der Waals surface area contributed by atoms with Crippen molar-refractivity contribution in [2.24, 2.45) is 0 Å².